The SMILES string of the molecule is CC1CCN(C(=O)CN2CCN(S(=O)(=O)c3ccc4ccccc4c3)CC2)CC1. The van der Waals surface area contributed by atoms with Gasteiger partial charge in [0.2, 0.25) is 15.9 Å². The van der Waals surface area contributed by atoms with Crippen molar-refractivity contribution < 1.29 is 13.2 Å². The van der Waals surface area contributed by atoms with Gasteiger partial charge in [-0.2, -0.15) is 4.31 Å². The summed E-state index contributed by atoms with van der Waals surface area (Å²) in [5.74, 6) is 0.866. The lowest BCUT2D eigenvalue weighted by Crippen LogP contribution is -2.52. The first-order valence-electron chi connectivity index (χ1n) is 10.4. The van der Waals surface area contributed by atoms with Crippen LogP contribution in [0.25, 0.3) is 10.8 Å². The normalized spacial score (nSPS) is 20.2. The van der Waals surface area contributed by atoms with Crippen LogP contribution in [0.5, 0.6) is 0 Å². The molecule has 156 valence electrons. The molecule has 2 heterocycles. The van der Waals surface area contributed by atoms with Crippen molar-refractivity contribution in [1.82, 2.24) is 14.1 Å². The topological polar surface area (TPSA) is 60.9 Å². The minimum atomic E-state index is -3.52. The van der Waals surface area contributed by atoms with E-state index < -0.39 is 10.0 Å². The second-order valence-electron chi connectivity index (χ2n) is 8.25. The second-order valence-corrected chi connectivity index (χ2v) is 10.2. The summed E-state index contributed by atoms with van der Waals surface area (Å²) in [6.45, 7) is 6.31. The summed E-state index contributed by atoms with van der Waals surface area (Å²) < 4.78 is 27.7. The van der Waals surface area contributed by atoms with Gasteiger partial charge in [-0.1, -0.05) is 37.3 Å². The van der Waals surface area contributed by atoms with E-state index in [0.717, 1.165) is 36.7 Å². The van der Waals surface area contributed by atoms with Crippen molar-refractivity contribution in [2.45, 2.75) is 24.7 Å². The van der Waals surface area contributed by atoms with E-state index in [1.54, 1.807) is 16.4 Å². The smallest absolute Gasteiger partial charge is 0.243 e. The number of hydrogen-bond acceptors (Lipinski definition) is 4. The van der Waals surface area contributed by atoms with Crippen LogP contribution in [0.1, 0.15) is 19.8 Å². The van der Waals surface area contributed by atoms with Crippen LogP contribution in [0.4, 0.5) is 0 Å². The van der Waals surface area contributed by atoms with Gasteiger partial charge in [0.05, 0.1) is 11.4 Å². The lowest BCUT2D eigenvalue weighted by molar-refractivity contribution is -0.134. The second kappa shape index (κ2) is 8.42. The Hall–Kier alpha value is -1.96. The van der Waals surface area contributed by atoms with Crippen LogP contribution >= 0.6 is 0 Å². The fourth-order valence-corrected chi connectivity index (χ4v) is 5.61. The van der Waals surface area contributed by atoms with Gasteiger partial charge in [-0.05, 0) is 41.7 Å². The highest BCUT2D eigenvalue weighted by atomic mass is 32.2. The molecular formula is C22H29N3O3S. The van der Waals surface area contributed by atoms with Crippen molar-refractivity contribution in [3.63, 3.8) is 0 Å². The number of hydrogen-bond donors (Lipinski definition) is 0. The standard InChI is InChI=1S/C22H29N3O3S/c1-18-8-10-24(11-9-18)22(26)17-23-12-14-25(15-13-23)29(27,28)21-7-6-19-4-2-3-5-20(19)16-21/h2-7,16,18H,8-15,17H2,1H3. The van der Waals surface area contributed by atoms with Gasteiger partial charge in [-0.15, -0.1) is 0 Å². The number of amides is 1. The molecule has 0 saturated carbocycles. The van der Waals surface area contributed by atoms with Crippen LogP contribution in [0, 0.1) is 5.92 Å². The number of sulfonamides is 1. The number of piperazine rings is 1. The molecule has 2 fully saturated rings. The lowest BCUT2D eigenvalue weighted by Gasteiger charge is -2.36. The molecule has 0 radical (unpaired) electrons. The van der Waals surface area contributed by atoms with E-state index in [4.69, 9.17) is 0 Å². The zero-order chi connectivity index (χ0) is 20.4. The molecule has 0 N–H and O–H groups in total. The maximum atomic E-state index is 13.1. The monoisotopic (exact) mass is 415 g/mol. The number of fused-ring (bicyclic) bond motifs is 1. The van der Waals surface area contributed by atoms with Gasteiger partial charge in [0, 0.05) is 39.3 Å². The number of rotatable bonds is 4. The molecule has 0 unspecified atom stereocenters. The summed E-state index contributed by atoms with van der Waals surface area (Å²) in [5, 5.41) is 1.95. The molecule has 2 saturated heterocycles. The quantitative estimate of drug-likeness (QED) is 0.769. The summed E-state index contributed by atoms with van der Waals surface area (Å²) in [7, 11) is -3.52. The van der Waals surface area contributed by atoms with Crippen molar-refractivity contribution in [3.8, 4) is 0 Å². The highest BCUT2D eigenvalue weighted by Gasteiger charge is 2.30. The molecule has 0 bridgehead atoms. The number of benzene rings is 2. The van der Waals surface area contributed by atoms with Crippen molar-refractivity contribution in [1.29, 1.82) is 0 Å². The van der Waals surface area contributed by atoms with Gasteiger partial charge in [0.15, 0.2) is 0 Å². The molecule has 2 aromatic rings. The van der Waals surface area contributed by atoms with Gasteiger partial charge in [0.25, 0.3) is 0 Å². The third-order valence-electron chi connectivity index (χ3n) is 6.19. The average molecular weight is 416 g/mol. The summed E-state index contributed by atoms with van der Waals surface area (Å²) in [4.78, 5) is 16.9. The van der Waals surface area contributed by atoms with Gasteiger partial charge in [0.1, 0.15) is 0 Å². The van der Waals surface area contributed by atoms with E-state index in [1.807, 2.05) is 35.2 Å². The van der Waals surface area contributed by atoms with Crippen LogP contribution in [-0.4, -0.2) is 74.2 Å². The zero-order valence-corrected chi connectivity index (χ0v) is 17.8. The molecule has 29 heavy (non-hydrogen) atoms. The molecule has 0 aliphatic carbocycles. The van der Waals surface area contributed by atoms with Crippen LogP contribution < -0.4 is 0 Å². The van der Waals surface area contributed by atoms with Gasteiger partial charge >= 0.3 is 0 Å². The third-order valence-corrected chi connectivity index (χ3v) is 8.08. The Morgan fingerprint density at radius 2 is 1.59 bits per heavy atom. The van der Waals surface area contributed by atoms with E-state index in [-0.39, 0.29) is 5.91 Å². The Labute approximate surface area is 173 Å². The summed E-state index contributed by atoms with van der Waals surface area (Å²) in [6, 6.07) is 13.1. The Kier molecular flexibility index (Phi) is 5.90. The molecule has 2 aliphatic heterocycles. The predicted molar refractivity (Wildman–Crippen MR) is 114 cm³/mol. The Balaban J connectivity index is 1.36. The Bertz CT molecular complexity index is 976. The van der Waals surface area contributed by atoms with Crippen LogP contribution in [0.2, 0.25) is 0 Å². The molecule has 7 heteroatoms. The Morgan fingerprint density at radius 3 is 2.28 bits per heavy atom. The first-order chi connectivity index (χ1) is 13.9. The number of carbonyl (C=O) groups excluding carboxylic acids is 1. The summed E-state index contributed by atoms with van der Waals surface area (Å²) in [6.07, 6.45) is 2.15. The maximum absolute atomic E-state index is 13.1. The fourth-order valence-electron chi connectivity index (χ4n) is 4.15. The summed E-state index contributed by atoms with van der Waals surface area (Å²) in [5.41, 5.74) is 0. The molecule has 2 aromatic carbocycles. The first-order valence-corrected chi connectivity index (χ1v) is 11.9. The molecule has 0 aromatic heterocycles. The van der Waals surface area contributed by atoms with Crippen molar-refractivity contribution in [2.75, 3.05) is 45.8 Å². The molecule has 4 rings (SSSR count). The molecule has 2 aliphatic rings. The molecule has 6 nitrogen and oxygen atoms in total. The van der Waals surface area contributed by atoms with Gasteiger partial charge in [-0.3, -0.25) is 9.69 Å². The van der Waals surface area contributed by atoms with E-state index >= 15 is 0 Å². The van der Waals surface area contributed by atoms with Crippen LogP contribution in [0.15, 0.2) is 47.4 Å². The van der Waals surface area contributed by atoms with E-state index in [9.17, 15) is 13.2 Å². The largest absolute Gasteiger partial charge is 0.342 e. The molecule has 0 atom stereocenters. The highest BCUT2D eigenvalue weighted by molar-refractivity contribution is 7.89. The summed E-state index contributed by atoms with van der Waals surface area (Å²) >= 11 is 0. The van der Waals surface area contributed by atoms with Gasteiger partial charge in [-0.25, -0.2) is 8.42 Å². The van der Waals surface area contributed by atoms with Crippen molar-refractivity contribution in [2.24, 2.45) is 5.92 Å². The number of carbonyl (C=O) groups is 1. The van der Waals surface area contributed by atoms with Gasteiger partial charge < -0.3 is 4.90 Å². The highest BCUT2D eigenvalue weighted by Crippen LogP contribution is 2.23. The number of likely N-dealkylation sites (tertiary alicyclic amines) is 1. The minimum Gasteiger partial charge on any atom is -0.342 e. The molecule has 1 amide bonds. The van der Waals surface area contributed by atoms with E-state index in [2.05, 4.69) is 11.8 Å². The lowest BCUT2D eigenvalue weighted by atomic mass is 9.99. The Morgan fingerprint density at radius 1 is 0.931 bits per heavy atom. The number of nitrogens with zero attached hydrogens (tertiary/aromatic N) is 3. The van der Waals surface area contributed by atoms with Crippen molar-refractivity contribution >= 4 is 26.7 Å². The van der Waals surface area contributed by atoms with Crippen LogP contribution in [0.3, 0.4) is 0 Å². The predicted octanol–water partition coefficient (Wildman–Crippen LogP) is 2.40. The first kappa shape index (κ1) is 20.3. The molecular weight excluding hydrogens is 386 g/mol. The number of piperidine rings is 1. The van der Waals surface area contributed by atoms with E-state index in [0.29, 0.717) is 43.5 Å². The van der Waals surface area contributed by atoms with E-state index in [1.165, 1.54) is 0 Å². The molecule has 0 spiro atoms. The fraction of sp³-hybridized carbons (Fsp3) is 0.500. The average Bonchev–Trinajstić information content (AvgIpc) is 2.74. The minimum absolute atomic E-state index is 0.169. The van der Waals surface area contributed by atoms with Crippen LogP contribution in [-0.2, 0) is 14.8 Å². The van der Waals surface area contributed by atoms with Crippen molar-refractivity contribution in [3.05, 3.63) is 42.5 Å². The third kappa shape index (κ3) is 4.47. The maximum Gasteiger partial charge on any atom is 0.243 e. The zero-order valence-electron chi connectivity index (χ0n) is 17.0.